The van der Waals surface area contributed by atoms with Crippen LogP contribution in [0.25, 0.3) is 58.8 Å². The van der Waals surface area contributed by atoms with Crippen LogP contribution in [0.1, 0.15) is 0 Å². The molecule has 9 aromatic rings. The van der Waals surface area contributed by atoms with Gasteiger partial charge in [-0.05, 0) is 76.5 Å². The van der Waals surface area contributed by atoms with E-state index in [0.29, 0.717) is 0 Å². The van der Waals surface area contributed by atoms with Crippen LogP contribution < -0.4 is 4.90 Å². The van der Waals surface area contributed by atoms with Crippen molar-refractivity contribution in [3.05, 3.63) is 170 Å². The Kier molecular flexibility index (Phi) is 6.03. The molecule has 3 heteroatoms. The Morgan fingerprint density at radius 1 is 0.444 bits per heavy atom. The van der Waals surface area contributed by atoms with Crippen molar-refractivity contribution in [2.24, 2.45) is 0 Å². The Morgan fingerprint density at radius 2 is 1.09 bits per heavy atom. The highest BCUT2D eigenvalue weighted by Gasteiger charge is 2.22. The Hall–Kier alpha value is -5.64. The van der Waals surface area contributed by atoms with Crippen LogP contribution in [0.5, 0.6) is 0 Å². The quantitative estimate of drug-likeness (QED) is 0.193. The number of nitrogens with zero attached hydrogens (tertiary/aromatic N) is 2. The van der Waals surface area contributed by atoms with E-state index in [1.165, 1.54) is 64.5 Å². The van der Waals surface area contributed by atoms with E-state index in [-0.39, 0.29) is 0 Å². The molecule has 0 N–H and O–H groups in total. The van der Waals surface area contributed by atoms with E-state index < -0.39 is 0 Å². The van der Waals surface area contributed by atoms with Gasteiger partial charge in [-0.25, -0.2) is 0 Å². The van der Waals surface area contributed by atoms with Gasteiger partial charge in [0, 0.05) is 27.8 Å². The zero-order chi connectivity index (χ0) is 29.7. The first-order valence-corrected chi connectivity index (χ1v) is 16.1. The molecule has 0 saturated heterocycles. The highest BCUT2D eigenvalue weighted by molar-refractivity contribution is 7.27. The first-order chi connectivity index (χ1) is 22.3. The molecule has 2 heterocycles. The van der Waals surface area contributed by atoms with Gasteiger partial charge in [0.2, 0.25) is 0 Å². The molecule has 0 saturated carbocycles. The highest BCUT2D eigenvalue weighted by atomic mass is 32.1. The van der Waals surface area contributed by atoms with Crippen LogP contribution in [0, 0.1) is 0 Å². The maximum absolute atomic E-state index is 2.43. The summed E-state index contributed by atoms with van der Waals surface area (Å²) in [6.07, 6.45) is 0. The largest absolute Gasteiger partial charge is 0.309 e. The molecule has 0 aliphatic carbocycles. The van der Waals surface area contributed by atoms with E-state index >= 15 is 0 Å². The van der Waals surface area contributed by atoms with Gasteiger partial charge in [0.05, 0.1) is 26.1 Å². The summed E-state index contributed by atoms with van der Waals surface area (Å²) in [6, 6.07) is 61.2. The lowest BCUT2D eigenvalue weighted by Gasteiger charge is -2.26. The first-order valence-electron chi connectivity index (χ1n) is 15.3. The van der Waals surface area contributed by atoms with Crippen molar-refractivity contribution in [1.29, 1.82) is 0 Å². The van der Waals surface area contributed by atoms with E-state index in [4.69, 9.17) is 0 Å². The third-order valence-corrected chi connectivity index (χ3v) is 10.0. The summed E-state index contributed by atoms with van der Waals surface area (Å²) in [5.41, 5.74) is 9.57. The summed E-state index contributed by atoms with van der Waals surface area (Å²) in [7, 11) is 0. The molecule has 7 aromatic carbocycles. The Labute approximate surface area is 265 Å². The van der Waals surface area contributed by atoms with Crippen molar-refractivity contribution >= 4 is 70.4 Å². The summed E-state index contributed by atoms with van der Waals surface area (Å²) in [5.74, 6) is 0. The average molecular weight is 593 g/mol. The molecule has 2 nitrogen and oxygen atoms in total. The Morgan fingerprint density at radius 3 is 1.91 bits per heavy atom. The van der Waals surface area contributed by atoms with Gasteiger partial charge >= 0.3 is 0 Å². The molecule has 0 bridgehead atoms. The van der Waals surface area contributed by atoms with Crippen LogP contribution in [0.3, 0.4) is 0 Å². The fourth-order valence-electron chi connectivity index (χ4n) is 6.67. The zero-order valence-corrected chi connectivity index (χ0v) is 25.3. The van der Waals surface area contributed by atoms with Gasteiger partial charge in [-0.2, -0.15) is 0 Å². The fourth-order valence-corrected chi connectivity index (χ4v) is 8.00. The lowest BCUT2D eigenvalue weighted by molar-refractivity contribution is 1.19. The molecule has 2 aromatic heterocycles. The maximum atomic E-state index is 2.43. The maximum Gasteiger partial charge on any atom is 0.0728 e. The standard InChI is InChI=1S/C42H28N2S/c1-3-14-33(15-4-1)43(35-26-24-30(25-27-35)32-23-22-29-12-7-8-13-31(29)28-32)39-21-11-19-37-40-42(45-41(37)39)36-18-9-10-20-38(36)44(40)34-16-5-2-6-17-34/h1-28H. The molecule has 45 heavy (non-hydrogen) atoms. The minimum atomic E-state index is 1.13. The molecule has 0 aliphatic heterocycles. The Bertz CT molecular complexity index is 2470. The van der Waals surface area contributed by atoms with Crippen LogP contribution >= 0.6 is 11.3 Å². The second-order valence-electron chi connectivity index (χ2n) is 11.4. The van der Waals surface area contributed by atoms with Crippen molar-refractivity contribution in [1.82, 2.24) is 4.57 Å². The van der Waals surface area contributed by atoms with Gasteiger partial charge in [0.25, 0.3) is 0 Å². The normalized spacial score (nSPS) is 11.6. The number of fused-ring (bicyclic) bond motifs is 6. The van der Waals surface area contributed by atoms with E-state index in [1.807, 2.05) is 11.3 Å². The summed E-state index contributed by atoms with van der Waals surface area (Å²) in [4.78, 5) is 2.40. The topological polar surface area (TPSA) is 8.17 Å². The second-order valence-corrected chi connectivity index (χ2v) is 12.4. The Balaban J connectivity index is 1.24. The van der Waals surface area contributed by atoms with Crippen molar-refractivity contribution in [3.63, 3.8) is 0 Å². The van der Waals surface area contributed by atoms with Crippen molar-refractivity contribution < 1.29 is 0 Å². The minimum absolute atomic E-state index is 1.13. The second kappa shape index (κ2) is 10.5. The molecule has 9 rings (SSSR count). The number of benzene rings is 7. The van der Waals surface area contributed by atoms with Crippen molar-refractivity contribution in [2.75, 3.05) is 4.90 Å². The van der Waals surface area contributed by atoms with Crippen molar-refractivity contribution in [2.45, 2.75) is 0 Å². The molecular formula is C42H28N2S. The number of hydrogen-bond acceptors (Lipinski definition) is 2. The predicted octanol–water partition coefficient (Wildman–Crippen LogP) is 12.3. The summed E-state index contributed by atoms with van der Waals surface area (Å²) < 4.78 is 5.02. The first kappa shape index (κ1) is 25.8. The van der Waals surface area contributed by atoms with Gasteiger partial charge in [0.15, 0.2) is 0 Å². The van der Waals surface area contributed by atoms with Gasteiger partial charge in [0.1, 0.15) is 0 Å². The SMILES string of the molecule is c1ccc(N(c2ccc(-c3ccc4ccccc4c3)cc2)c2cccc3c2sc2c4ccccc4n(-c4ccccc4)c32)cc1. The van der Waals surface area contributed by atoms with Gasteiger partial charge in [-0.3, -0.25) is 0 Å². The third-order valence-electron chi connectivity index (χ3n) is 8.76. The number of hydrogen-bond donors (Lipinski definition) is 0. The van der Waals surface area contributed by atoms with Crippen LogP contribution in [-0.2, 0) is 0 Å². The number of anilines is 3. The zero-order valence-electron chi connectivity index (χ0n) is 24.5. The van der Waals surface area contributed by atoms with Crippen LogP contribution in [0.4, 0.5) is 17.1 Å². The highest BCUT2D eigenvalue weighted by Crippen LogP contribution is 2.48. The van der Waals surface area contributed by atoms with Gasteiger partial charge in [-0.15, -0.1) is 11.3 Å². The van der Waals surface area contributed by atoms with E-state index in [1.54, 1.807) is 0 Å². The molecule has 0 radical (unpaired) electrons. The van der Waals surface area contributed by atoms with Gasteiger partial charge in [-0.1, -0.05) is 115 Å². The summed E-state index contributed by atoms with van der Waals surface area (Å²) >= 11 is 1.89. The van der Waals surface area contributed by atoms with Gasteiger partial charge < -0.3 is 9.47 Å². The number of para-hydroxylation sites is 3. The number of thiophene rings is 1. The summed E-state index contributed by atoms with van der Waals surface area (Å²) in [5, 5.41) is 5.07. The smallest absolute Gasteiger partial charge is 0.0728 e. The molecule has 0 atom stereocenters. The minimum Gasteiger partial charge on any atom is -0.309 e. The number of aromatic nitrogens is 1. The average Bonchev–Trinajstić information content (AvgIpc) is 3.65. The molecule has 0 fully saturated rings. The third kappa shape index (κ3) is 4.24. The van der Waals surface area contributed by atoms with Crippen molar-refractivity contribution in [3.8, 4) is 16.8 Å². The lowest BCUT2D eigenvalue weighted by atomic mass is 10.0. The predicted molar refractivity (Wildman–Crippen MR) is 194 cm³/mol. The molecule has 0 spiro atoms. The molecule has 0 amide bonds. The lowest BCUT2D eigenvalue weighted by Crippen LogP contribution is -2.09. The monoisotopic (exact) mass is 592 g/mol. The molecule has 212 valence electrons. The van der Waals surface area contributed by atoms with Crippen LogP contribution in [-0.4, -0.2) is 4.57 Å². The van der Waals surface area contributed by atoms with E-state index in [0.717, 1.165) is 11.4 Å². The molecule has 0 aliphatic rings. The van der Waals surface area contributed by atoms with E-state index in [2.05, 4.69) is 179 Å². The fraction of sp³-hybridized carbons (Fsp3) is 0. The number of rotatable bonds is 5. The molecular weight excluding hydrogens is 565 g/mol. The van der Waals surface area contributed by atoms with Crippen LogP contribution in [0.2, 0.25) is 0 Å². The van der Waals surface area contributed by atoms with E-state index in [9.17, 15) is 0 Å². The summed E-state index contributed by atoms with van der Waals surface area (Å²) in [6.45, 7) is 0. The van der Waals surface area contributed by atoms with Crippen LogP contribution in [0.15, 0.2) is 170 Å². The molecule has 0 unspecified atom stereocenters.